The maximum absolute atomic E-state index is 13.9. The van der Waals surface area contributed by atoms with Crippen LogP contribution in [0.1, 0.15) is 133 Å². The molecule has 0 amide bonds. The van der Waals surface area contributed by atoms with Crippen LogP contribution in [0.5, 0.6) is 0 Å². The van der Waals surface area contributed by atoms with Gasteiger partial charge in [0.1, 0.15) is 53.5 Å². The van der Waals surface area contributed by atoms with E-state index in [9.17, 15) is 51.1 Å². The number of carbonyl (C=O) groups is 7. The predicted molar refractivity (Wildman–Crippen MR) is 539 cm³/mol. The van der Waals surface area contributed by atoms with Crippen molar-refractivity contribution in [1.82, 2.24) is 59.1 Å². The number of thiazole rings is 4. The third-order valence-electron chi connectivity index (χ3n) is 25.2. The van der Waals surface area contributed by atoms with Gasteiger partial charge in [0, 0.05) is 152 Å². The smallest absolute Gasteiger partial charge is 0.338 e. The molecule has 0 bridgehead atoms. The van der Waals surface area contributed by atoms with Gasteiger partial charge in [-0.2, -0.15) is 0 Å². The third kappa shape index (κ3) is 24.6. The summed E-state index contributed by atoms with van der Waals surface area (Å²) in [6, 6.07) is 14.7. The Bertz CT molecular complexity index is 5990. The fraction of sp³-hybridized carbons (Fsp3) is 0.439. The standard InChI is InChI=1S/C26H28BrFN4O4S.2C24H26BrFN4O4S.C24H26BrFN4O3S/c1-3-36-26(34)21-20-11-15(13-31-9-4-5-19(31)25(33)35-2)14-32(20)23(24-29-8-10-37-24)30-22(21)17-7-6-16(28)12-18(17)27;2*1-4-34-24(32)20-18-9-14(11-29(2)13-19(31)33-3)12-30(18)22(23-27-7-8-35-23)28-21(20)16-6-5-15(26)10-17(16)25;1-2-33-24(31)20-19-11-15(13-29-6-8-32-9-7-29)14-30(19)22(23-27-5-10-34-23)28-21(20)17-4-3-16(26)12-18(17)25/h6-8,10,12,15,19,22H,3-5,9,11,13-14H2,1-2H3;2*5-8,10,14,21H,4,9,11-13H2,1-3H3;3-5,10,12,15,21H,2,6-9,11,13-14H2,1H3/t15-,19-,22-;14-,21+;14-,21-;15-,21?/m0100/s1. The number of rotatable bonds is 29. The zero-order valence-corrected chi connectivity index (χ0v) is 88.5. The Balaban J connectivity index is 0.000000142. The van der Waals surface area contributed by atoms with Gasteiger partial charge in [-0.1, -0.05) is 88.0 Å². The van der Waals surface area contributed by atoms with Crippen LogP contribution in [0.25, 0.3) is 0 Å². The molecule has 6 fully saturated rings. The number of aromatic nitrogens is 4. The minimum absolute atomic E-state index is 0.129. The maximum atomic E-state index is 13.9. The number of benzene rings is 4. The van der Waals surface area contributed by atoms with Gasteiger partial charge < -0.3 is 57.5 Å². The lowest BCUT2D eigenvalue weighted by Crippen LogP contribution is -2.41. The molecule has 141 heavy (non-hydrogen) atoms. The molecule has 0 N–H and O–H groups in total. The number of allylic oxidation sites excluding steroid dienone is 4. The summed E-state index contributed by atoms with van der Waals surface area (Å²) in [5, 5.41) is 10.6. The number of ether oxygens (including phenoxy) is 8. The van der Waals surface area contributed by atoms with Gasteiger partial charge in [0.2, 0.25) is 0 Å². The number of carbonyl (C=O) groups excluding carboxylic acids is 7. The van der Waals surface area contributed by atoms with E-state index in [1.807, 2.05) is 55.2 Å². The lowest BCUT2D eigenvalue weighted by Gasteiger charge is -2.32. The first-order chi connectivity index (χ1) is 68.1. The van der Waals surface area contributed by atoms with Crippen LogP contribution in [-0.2, 0) is 71.5 Å². The van der Waals surface area contributed by atoms with E-state index in [2.05, 4.69) is 103 Å². The number of aliphatic imine (C=N–C) groups is 4. The molecule has 14 heterocycles. The lowest BCUT2D eigenvalue weighted by molar-refractivity contribution is -0.146. The Morgan fingerprint density at radius 1 is 0.418 bits per heavy atom. The van der Waals surface area contributed by atoms with Gasteiger partial charge in [-0.25, -0.2) is 56.7 Å². The minimum Gasteiger partial charge on any atom is -0.468 e. The molecule has 8 aromatic rings. The SMILES string of the molecule is CCOC(=O)C1=C2C[C@@H](CN(C)CC(=O)OC)CN2C(c2nccs2)=N[C@H]1c1ccc(F)cc1Br.CCOC(=O)C1=C2C[C@@H](CN3CCC[C@H]3C(=O)OC)CN2C(c2nccs2)=N[C@H]1c1ccc(F)cc1Br.CCOC(=O)C1=C2C[C@@H](CN3CCOCC3)CN2C(c2nccs2)=NC1c1ccc(F)cc1Br.CCOC(=O)C1=C2C[C@H](CN(C)CC(=O)OC)CN2C(c2nccs2)=N[C@H]1c1ccc(F)cc1Br. The van der Waals surface area contributed by atoms with Gasteiger partial charge in [-0.15, -0.1) is 45.3 Å². The number of morpholine rings is 1. The van der Waals surface area contributed by atoms with E-state index in [0.717, 1.165) is 119 Å². The van der Waals surface area contributed by atoms with Crippen LogP contribution in [0.15, 0.2) is 202 Å². The number of likely N-dealkylation sites (tertiary alicyclic amines) is 1. The number of hydrogen-bond donors (Lipinski definition) is 0. The van der Waals surface area contributed by atoms with Crippen LogP contribution in [0, 0.1) is 46.9 Å². The lowest BCUT2D eigenvalue weighted by atomic mass is 9.93. The van der Waals surface area contributed by atoms with E-state index >= 15 is 0 Å². The van der Waals surface area contributed by atoms with Gasteiger partial charge >= 0.3 is 41.8 Å². The number of hydrogen-bond acceptors (Lipinski definition) is 35. The third-order valence-corrected chi connectivity index (χ3v) is 31.0. The fourth-order valence-corrected chi connectivity index (χ4v) is 24.2. The van der Waals surface area contributed by atoms with Gasteiger partial charge in [-0.3, -0.25) is 54.0 Å². The van der Waals surface area contributed by atoms with Gasteiger partial charge in [0.05, 0.1) is 96.4 Å². The highest BCUT2D eigenvalue weighted by Gasteiger charge is 2.50. The van der Waals surface area contributed by atoms with Crippen molar-refractivity contribution in [3.8, 4) is 0 Å². The van der Waals surface area contributed by atoms with Crippen molar-refractivity contribution in [3.05, 3.63) is 248 Å². The molecule has 0 spiro atoms. The van der Waals surface area contributed by atoms with Crippen molar-refractivity contribution in [1.29, 1.82) is 0 Å². The molecule has 4 aromatic heterocycles. The Kier molecular flexibility index (Phi) is 36.3. The zero-order valence-electron chi connectivity index (χ0n) is 78.9. The maximum Gasteiger partial charge on any atom is 0.338 e. The summed E-state index contributed by atoms with van der Waals surface area (Å²) in [5.41, 5.74) is 8.03. The quantitative estimate of drug-likeness (QED) is 0.0239. The van der Waals surface area contributed by atoms with E-state index in [0.29, 0.717) is 139 Å². The van der Waals surface area contributed by atoms with E-state index < -0.39 is 42.1 Å². The summed E-state index contributed by atoms with van der Waals surface area (Å²) in [7, 11) is 7.89. The summed E-state index contributed by atoms with van der Waals surface area (Å²) in [6.45, 7) is 18.0. The van der Waals surface area contributed by atoms with Crippen molar-refractivity contribution in [2.75, 3.05) is 160 Å². The number of fused-ring (bicyclic) bond motifs is 4. The summed E-state index contributed by atoms with van der Waals surface area (Å²) in [4.78, 5) is 144. The van der Waals surface area contributed by atoms with Crippen molar-refractivity contribution in [3.63, 3.8) is 0 Å². The number of esters is 7. The van der Waals surface area contributed by atoms with Crippen molar-refractivity contribution < 1.29 is 89.0 Å². The van der Waals surface area contributed by atoms with E-state index in [-0.39, 0.29) is 110 Å². The Morgan fingerprint density at radius 2 is 0.716 bits per heavy atom. The highest BCUT2D eigenvalue weighted by Crippen LogP contribution is 2.51. The van der Waals surface area contributed by atoms with Crippen LogP contribution in [0.2, 0.25) is 0 Å². The van der Waals surface area contributed by atoms with Crippen LogP contribution in [-0.4, -0.2) is 290 Å². The molecule has 18 rings (SSSR count). The molecule has 4 aromatic carbocycles. The molecule has 6 saturated heterocycles. The molecule has 748 valence electrons. The topological polar surface area (TPSA) is 320 Å². The predicted octanol–water partition coefficient (Wildman–Crippen LogP) is 15.9. The van der Waals surface area contributed by atoms with Gasteiger partial charge in [-0.05, 0) is 181 Å². The summed E-state index contributed by atoms with van der Waals surface area (Å²) in [6.07, 6.45) is 11.2. The first kappa shape index (κ1) is 105. The molecule has 43 heteroatoms. The first-order valence-corrected chi connectivity index (χ1v) is 52.8. The minimum atomic E-state index is -0.680. The molecule has 10 aliphatic heterocycles. The Labute approximate surface area is 863 Å². The van der Waals surface area contributed by atoms with E-state index in [1.54, 1.807) is 76.7 Å². The summed E-state index contributed by atoms with van der Waals surface area (Å²) < 4.78 is 99.7. The van der Waals surface area contributed by atoms with Crippen LogP contribution in [0.3, 0.4) is 0 Å². The number of methoxy groups -OCH3 is 3. The van der Waals surface area contributed by atoms with E-state index in [1.165, 1.54) is 115 Å². The average molecular weight is 2270 g/mol. The average Bonchev–Trinajstić information content (AvgIpc) is 1.66. The van der Waals surface area contributed by atoms with Crippen molar-refractivity contribution in [2.24, 2.45) is 43.6 Å². The number of nitrogens with zero attached hydrogens (tertiary/aromatic N) is 16. The molecule has 31 nitrogen and oxygen atoms in total. The second-order valence-corrected chi connectivity index (χ2v) is 41.6. The van der Waals surface area contributed by atoms with E-state index in [4.69, 9.17) is 57.9 Å². The molecule has 10 aliphatic rings. The Hall–Kier alpha value is -10.0. The number of halogens is 8. The highest BCUT2D eigenvalue weighted by molar-refractivity contribution is 9.11. The monoisotopic (exact) mass is 2270 g/mol. The molecule has 9 atom stereocenters. The second kappa shape index (κ2) is 48.6. The zero-order chi connectivity index (χ0) is 100.0. The fourth-order valence-electron chi connectivity index (χ4n) is 19.4. The normalized spacial score (nSPS) is 21.5. The molecular formula is C98H106Br4F4N16O15S4. The van der Waals surface area contributed by atoms with Crippen molar-refractivity contribution in [2.45, 2.75) is 96.4 Å². The van der Waals surface area contributed by atoms with Crippen molar-refractivity contribution >= 4 is 174 Å². The Morgan fingerprint density at radius 3 is 0.993 bits per heavy atom. The van der Waals surface area contributed by atoms with Gasteiger partial charge in [0.25, 0.3) is 0 Å². The number of likely N-dealkylation sites (N-methyl/N-ethyl adjacent to an activating group) is 2. The van der Waals surface area contributed by atoms with Crippen LogP contribution >= 0.6 is 109 Å². The molecule has 0 aliphatic carbocycles. The molecule has 0 radical (unpaired) electrons. The highest BCUT2D eigenvalue weighted by atomic mass is 79.9. The molecular weight excluding hydrogens is 2170 g/mol. The molecule has 1 unspecified atom stereocenters. The summed E-state index contributed by atoms with van der Waals surface area (Å²) in [5.74, 6) is -0.491. The van der Waals surface area contributed by atoms with Crippen LogP contribution in [0.4, 0.5) is 17.6 Å². The second-order valence-electron chi connectivity index (χ2n) is 34.6. The summed E-state index contributed by atoms with van der Waals surface area (Å²) >= 11 is 19.8. The van der Waals surface area contributed by atoms with Crippen LogP contribution < -0.4 is 0 Å². The number of amidine groups is 4. The van der Waals surface area contributed by atoms with Gasteiger partial charge in [0.15, 0.2) is 43.4 Å². The largest absolute Gasteiger partial charge is 0.468 e. The first-order valence-electron chi connectivity index (χ1n) is 46.1. The molecule has 0 saturated carbocycles.